The van der Waals surface area contributed by atoms with E-state index in [0.717, 1.165) is 52.6 Å². The fourth-order valence-corrected chi connectivity index (χ4v) is 4.54. The van der Waals surface area contributed by atoms with Gasteiger partial charge in [-0.05, 0) is 49.1 Å². The summed E-state index contributed by atoms with van der Waals surface area (Å²) >= 11 is 1.55. The van der Waals surface area contributed by atoms with E-state index in [2.05, 4.69) is 41.5 Å². The molecule has 6 heteroatoms. The Morgan fingerprint density at radius 3 is 2.67 bits per heavy atom. The van der Waals surface area contributed by atoms with E-state index in [1.54, 1.807) is 11.3 Å². The number of rotatable bonds is 6. The molecule has 1 fully saturated rings. The average Bonchev–Trinajstić information content (AvgIpc) is 3.37. The lowest BCUT2D eigenvalue weighted by molar-refractivity contribution is -0.117. The first-order chi connectivity index (χ1) is 14.5. The number of carbonyl (C=O) groups is 2. The van der Waals surface area contributed by atoms with Gasteiger partial charge in [0.2, 0.25) is 11.8 Å². The minimum atomic E-state index is -0.0995. The number of anilines is 2. The predicted octanol–water partition coefficient (Wildman–Crippen LogP) is 4.99. The summed E-state index contributed by atoms with van der Waals surface area (Å²) in [6.07, 6.45) is 2.75. The fourth-order valence-electron chi connectivity index (χ4n) is 3.71. The van der Waals surface area contributed by atoms with Gasteiger partial charge in [-0.1, -0.05) is 31.2 Å². The molecule has 1 aliphatic rings. The van der Waals surface area contributed by atoms with E-state index >= 15 is 0 Å². The molecule has 0 saturated carbocycles. The van der Waals surface area contributed by atoms with E-state index in [4.69, 9.17) is 0 Å². The standard InChI is InChI=1S/C24H25N3O2S/c1-3-17-6-8-18(9-7-17)24-26-20(15-30-24)14-22(28)25-19-10-11-21(16(2)13-19)27-12-4-5-23(27)29/h6-11,13,15H,3-5,12,14H2,1-2H3,(H,25,28). The quantitative estimate of drug-likeness (QED) is 0.612. The average molecular weight is 420 g/mol. The topological polar surface area (TPSA) is 62.3 Å². The van der Waals surface area contributed by atoms with Crippen LogP contribution in [0.2, 0.25) is 0 Å². The van der Waals surface area contributed by atoms with E-state index in [0.29, 0.717) is 6.42 Å². The Balaban J connectivity index is 1.39. The van der Waals surface area contributed by atoms with Crippen LogP contribution in [0.3, 0.4) is 0 Å². The molecule has 3 aromatic rings. The van der Waals surface area contributed by atoms with Crippen LogP contribution in [0, 0.1) is 6.92 Å². The number of hydrogen-bond acceptors (Lipinski definition) is 4. The van der Waals surface area contributed by atoms with Crippen molar-refractivity contribution in [3.8, 4) is 10.6 Å². The summed E-state index contributed by atoms with van der Waals surface area (Å²) in [7, 11) is 0. The number of benzene rings is 2. The number of aromatic nitrogens is 1. The van der Waals surface area contributed by atoms with Crippen LogP contribution in [-0.4, -0.2) is 23.3 Å². The Bertz CT molecular complexity index is 1070. The summed E-state index contributed by atoms with van der Waals surface area (Å²) in [6.45, 7) is 4.86. The van der Waals surface area contributed by atoms with E-state index < -0.39 is 0 Å². The van der Waals surface area contributed by atoms with Crippen molar-refractivity contribution in [3.63, 3.8) is 0 Å². The maximum Gasteiger partial charge on any atom is 0.230 e. The molecule has 2 amide bonds. The van der Waals surface area contributed by atoms with Gasteiger partial charge in [0, 0.05) is 35.3 Å². The summed E-state index contributed by atoms with van der Waals surface area (Å²) in [5, 5.41) is 5.81. The first-order valence-electron chi connectivity index (χ1n) is 10.3. The number of carbonyl (C=O) groups excluding carboxylic acids is 2. The van der Waals surface area contributed by atoms with Crippen molar-refractivity contribution in [1.82, 2.24) is 4.98 Å². The normalized spacial score (nSPS) is 13.7. The van der Waals surface area contributed by atoms with Gasteiger partial charge in [-0.3, -0.25) is 9.59 Å². The highest BCUT2D eigenvalue weighted by molar-refractivity contribution is 7.13. The molecular weight excluding hydrogens is 394 g/mol. The number of hydrogen-bond donors (Lipinski definition) is 1. The summed E-state index contributed by atoms with van der Waals surface area (Å²) in [5.74, 6) is 0.0659. The minimum absolute atomic E-state index is 0.0995. The molecule has 154 valence electrons. The monoisotopic (exact) mass is 419 g/mol. The van der Waals surface area contributed by atoms with Crippen molar-refractivity contribution < 1.29 is 9.59 Å². The number of thiazole rings is 1. The molecule has 5 nitrogen and oxygen atoms in total. The van der Waals surface area contributed by atoms with Gasteiger partial charge < -0.3 is 10.2 Å². The van der Waals surface area contributed by atoms with Gasteiger partial charge in [0.1, 0.15) is 5.01 Å². The SMILES string of the molecule is CCc1ccc(-c2nc(CC(=O)Nc3ccc(N4CCCC4=O)c(C)c3)cs2)cc1. The van der Waals surface area contributed by atoms with Gasteiger partial charge in [0.25, 0.3) is 0 Å². The highest BCUT2D eigenvalue weighted by Gasteiger charge is 2.23. The molecule has 1 saturated heterocycles. The van der Waals surface area contributed by atoms with Crippen LogP contribution in [0.5, 0.6) is 0 Å². The number of amides is 2. The number of nitrogens with zero attached hydrogens (tertiary/aromatic N) is 2. The molecule has 0 radical (unpaired) electrons. The third kappa shape index (κ3) is 4.44. The zero-order chi connectivity index (χ0) is 21.1. The van der Waals surface area contributed by atoms with Gasteiger partial charge in [0.05, 0.1) is 12.1 Å². The Labute approximate surface area is 180 Å². The van der Waals surface area contributed by atoms with Crippen LogP contribution in [-0.2, 0) is 22.4 Å². The molecule has 1 aromatic heterocycles. The zero-order valence-electron chi connectivity index (χ0n) is 17.3. The van der Waals surface area contributed by atoms with Crippen molar-refractivity contribution in [2.75, 3.05) is 16.8 Å². The van der Waals surface area contributed by atoms with Crippen LogP contribution >= 0.6 is 11.3 Å². The molecule has 30 heavy (non-hydrogen) atoms. The summed E-state index contributed by atoms with van der Waals surface area (Å²) < 4.78 is 0. The molecule has 4 rings (SSSR count). The van der Waals surface area contributed by atoms with Crippen molar-refractivity contribution >= 4 is 34.5 Å². The molecule has 0 spiro atoms. The lowest BCUT2D eigenvalue weighted by Gasteiger charge is -2.19. The van der Waals surface area contributed by atoms with E-state index in [-0.39, 0.29) is 18.2 Å². The van der Waals surface area contributed by atoms with Crippen LogP contribution in [0.15, 0.2) is 47.8 Å². The van der Waals surface area contributed by atoms with Crippen molar-refractivity contribution in [2.45, 2.75) is 39.5 Å². The van der Waals surface area contributed by atoms with E-state index in [9.17, 15) is 9.59 Å². The maximum absolute atomic E-state index is 12.5. The Kier molecular flexibility index (Phi) is 5.95. The molecule has 2 heterocycles. The Morgan fingerprint density at radius 2 is 2.00 bits per heavy atom. The summed E-state index contributed by atoms with van der Waals surface area (Å²) in [4.78, 5) is 30.9. The minimum Gasteiger partial charge on any atom is -0.326 e. The fraction of sp³-hybridized carbons (Fsp3) is 0.292. The zero-order valence-corrected chi connectivity index (χ0v) is 18.1. The van der Waals surface area contributed by atoms with Gasteiger partial charge in [-0.2, -0.15) is 0 Å². The van der Waals surface area contributed by atoms with Gasteiger partial charge >= 0.3 is 0 Å². The van der Waals surface area contributed by atoms with Crippen LogP contribution in [0.25, 0.3) is 10.6 Å². The van der Waals surface area contributed by atoms with Crippen LogP contribution in [0.4, 0.5) is 11.4 Å². The summed E-state index contributed by atoms with van der Waals surface area (Å²) in [5.41, 5.74) is 5.78. The molecule has 0 aliphatic carbocycles. The molecule has 0 bridgehead atoms. The van der Waals surface area contributed by atoms with E-state index in [1.807, 2.05) is 35.4 Å². The number of nitrogens with one attached hydrogen (secondary N) is 1. The highest BCUT2D eigenvalue weighted by Crippen LogP contribution is 2.28. The third-order valence-electron chi connectivity index (χ3n) is 5.35. The second kappa shape index (κ2) is 8.79. The van der Waals surface area contributed by atoms with E-state index in [1.165, 1.54) is 5.56 Å². The molecule has 1 N–H and O–H groups in total. The van der Waals surface area contributed by atoms with Crippen molar-refractivity contribution in [1.29, 1.82) is 0 Å². The number of aryl methyl sites for hydroxylation is 2. The second-order valence-corrected chi connectivity index (χ2v) is 8.43. The predicted molar refractivity (Wildman–Crippen MR) is 122 cm³/mol. The first kappa shape index (κ1) is 20.3. The lowest BCUT2D eigenvalue weighted by Crippen LogP contribution is -2.24. The lowest BCUT2D eigenvalue weighted by atomic mass is 10.1. The van der Waals surface area contributed by atoms with Gasteiger partial charge in [-0.15, -0.1) is 11.3 Å². The highest BCUT2D eigenvalue weighted by atomic mass is 32.1. The summed E-state index contributed by atoms with van der Waals surface area (Å²) in [6, 6.07) is 14.1. The molecule has 1 aliphatic heterocycles. The van der Waals surface area contributed by atoms with Crippen LogP contribution in [0.1, 0.15) is 36.6 Å². The second-order valence-electron chi connectivity index (χ2n) is 7.57. The smallest absolute Gasteiger partial charge is 0.230 e. The van der Waals surface area contributed by atoms with Gasteiger partial charge in [-0.25, -0.2) is 4.98 Å². The third-order valence-corrected chi connectivity index (χ3v) is 6.29. The Hall–Kier alpha value is -2.99. The first-order valence-corrected chi connectivity index (χ1v) is 11.2. The maximum atomic E-state index is 12.5. The molecular formula is C24H25N3O2S. The molecule has 2 aromatic carbocycles. The molecule has 0 atom stereocenters. The molecule has 0 unspecified atom stereocenters. The van der Waals surface area contributed by atoms with Gasteiger partial charge in [0.15, 0.2) is 0 Å². The van der Waals surface area contributed by atoms with Crippen molar-refractivity contribution in [2.24, 2.45) is 0 Å². The van der Waals surface area contributed by atoms with Crippen molar-refractivity contribution in [3.05, 3.63) is 64.7 Å². The largest absolute Gasteiger partial charge is 0.326 e. The van der Waals surface area contributed by atoms with Crippen LogP contribution < -0.4 is 10.2 Å². The Morgan fingerprint density at radius 1 is 1.20 bits per heavy atom.